The van der Waals surface area contributed by atoms with Crippen LogP contribution in [0.15, 0.2) is 30.3 Å². The molecule has 0 aliphatic carbocycles. The van der Waals surface area contributed by atoms with Crippen LogP contribution in [0.4, 0.5) is 18.0 Å². The summed E-state index contributed by atoms with van der Waals surface area (Å²) in [7, 11) is 1.04. The SMILES string of the molecule is CCc1cc(Cl)c(OCc2c(OC(=O)OC)cccc2C(F)(F)F)cc1Cl. The third-order valence-corrected chi connectivity index (χ3v) is 4.30. The Bertz CT molecular complexity index is 838. The minimum absolute atomic E-state index is 0.111. The average molecular weight is 423 g/mol. The van der Waals surface area contributed by atoms with Crippen LogP contribution in [0.25, 0.3) is 0 Å². The lowest BCUT2D eigenvalue weighted by atomic mass is 10.1. The van der Waals surface area contributed by atoms with Gasteiger partial charge in [0.25, 0.3) is 0 Å². The number of methoxy groups -OCH3 is 1. The number of aryl methyl sites for hydroxylation is 1. The number of hydrogen-bond donors (Lipinski definition) is 0. The molecule has 0 atom stereocenters. The molecule has 0 aliphatic rings. The van der Waals surface area contributed by atoms with Crippen molar-refractivity contribution in [2.45, 2.75) is 26.1 Å². The van der Waals surface area contributed by atoms with Crippen LogP contribution in [0.2, 0.25) is 10.0 Å². The van der Waals surface area contributed by atoms with E-state index in [1.807, 2.05) is 6.92 Å². The van der Waals surface area contributed by atoms with Crippen LogP contribution in [0, 0.1) is 0 Å². The van der Waals surface area contributed by atoms with Crippen LogP contribution in [-0.2, 0) is 23.9 Å². The van der Waals surface area contributed by atoms with E-state index in [4.69, 9.17) is 32.7 Å². The van der Waals surface area contributed by atoms with Gasteiger partial charge in [-0.25, -0.2) is 4.79 Å². The first kappa shape index (κ1) is 21.2. The highest BCUT2D eigenvalue weighted by Gasteiger charge is 2.35. The number of rotatable bonds is 5. The van der Waals surface area contributed by atoms with Crippen molar-refractivity contribution >= 4 is 29.4 Å². The Kier molecular flexibility index (Phi) is 6.84. The first-order chi connectivity index (χ1) is 12.7. The van der Waals surface area contributed by atoms with Crippen molar-refractivity contribution in [3.05, 3.63) is 57.1 Å². The van der Waals surface area contributed by atoms with Gasteiger partial charge in [-0.1, -0.05) is 36.2 Å². The smallest absolute Gasteiger partial charge is 0.487 e. The summed E-state index contributed by atoms with van der Waals surface area (Å²) >= 11 is 12.2. The summed E-state index contributed by atoms with van der Waals surface area (Å²) in [5, 5.41) is 0.586. The molecule has 9 heteroatoms. The molecule has 0 spiro atoms. The van der Waals surface area contributed by atoms with E-state index in [1.54, 1.807) is 6.07 Å². The van der Waals surface area contributed by atoms with Gasteiger partial charge in [0.1, 0.15) is 18.1 Å². The molecule has 2 aromatic carbocycles. The van der Waals surface area contributed by atoms with Gasteiger partial charge in [0.15, 0.2) is 0 Å². The number of benzene rings is 2. The van der Waals surface area contributed by atoms with Crippen molar-refractivity contribution in [3.8, 4) is 11.5 Å². The molecule has 4 nitrogen and oxygen atoms in total. The second-order valence-electron chi connectivity index (χ2n) is 5.35. The molecular formula is C18H15Cl2F3O4. The molecule has 0 aliphatic heterocycles. The standard InChI is InChI=1S/C18H15Cl2F3O4/c1-3-10-7-14(20)16(8-13(10)19)26-9-11-12(18(21,22)23)5-4-6-15(11)27-17(24)25-2/h4-8H,3,9H2,1-2H3. The molecule has 27 heavy (non-hydrogen) atoms. The van der Waals surface area contributed by atoms with E-state index in [0.717, 1.165) is 24.8 Å². The Labute approximate surface area is 163 Å². The van der Waals surface area contributed by atoms with Crippen molar-refractivity contribution in [2.75, 3.05) is 7.11 Å². The maximum atomic E-state index is 13.3. The number of halogens is 5. The number of hydrogen-bond acceptors (Lipinski definition) is 4. The van der Waals surface area contributed by atoms with E-state index < -0.39 is 24.5 Å². The quantitative estimate of drug-likeness (QED) is 0.418. The molecule has 0 aromatic heterocycles. The molecule has 146 valence electrons. The normalized spacial score (nSPS) is 11.2. The fourth-order valence-electron chi connectivity index (χ4n) is 2.31. The van der Waals surface area contributed by atoms with Gasteiger partial charge in [-0.15, -0.1) is 0 Å². The zero-order valence-electron chi connectivity index (χ0n) is 14.3. The van der Waals surface area contributed by atoms with E-state index in [9.17, 15) is 18.0 Å². The molecule has 0 amide bonds. The summed E-state index contributed by atoms with van der Waals surface area (Å²) in [5.41, 5.74) is -0.599. The summed E-state index contributed by atoms with van der Waals surface area (Å²) in [5.74, 6) is -0.219. The van der Waals surface area contributed by atoms with Crippen LogP contribution >= 0.6 is 23.2 Å². The highest BCUT2D eigenvalue weighted by atomic mass is 35.5. The first-order valence-corrected chi connectivity index (χ1v) is 8.48. The zero-order chi connectivity index (χ0) is 20.2. The minimum atomic E-state index is -4.68. The molecule has 0 heterocycles. The van der Waals surface area contributed by atoms with Gasteiger partial charge >= 0.3 is 12.3 Å². The molecule has 2 rings (SSSR count). The lowest BCUT2D eigenvalue weighted by molar-refractivity contribution is -0.138. The minimum Gasteiger partial charge on any atom is -0.487 e. The van der Waals surface area contributed by atoms with Crippen LogP contribution < -0.4 is 9.47 Å². The first-order valence-electron chi connectivity index (χ1n) is 7.73. The van der Waals surface area contributed by atoms with E-state index in [2.05, 4.69) is 4.74 Å². The topological polar surface area (TPSA) is 44.8 Å². The predicted octanol–water partition coefficient (Wildman–Crippen LogP) is 6.30. The number of carbonyl (C=O) groups is 1. The Balaban J connectivity index is 2.39. The molecule has 0 N–H and O–H groups in total. The lowest BCUT2D eigenvalue weighted by Gasteiger charge is -2.17. The van der Waals surface area contributed by atoms with Crippen LogP contribution in [0.3, 0.4) is 0 Å². The number of carbonyl (C=O) groups excluding carboxylic acids is 1. The molecule has 0 bridgehead atoms. The van der Waals surface area contributed by atoms with Crippen LogP contribution in [0.1, 0.15) is 23.6 Å². The van der Waals surface area contributed by atoms with Gasteiger partial charge in [-0.2, -0.15) is 13.2 Å². The summed E-state index contributed by atoms with van der Waals surface area (Å²) in [6.45, 7) is 1.33. The van der Waals surface area contributed by atoms with E-state index >= 15 is 0 Å². The molecule has 0 saturated carbocycles. The van der Waals surface area contributed by atoms with Gasteiger partial charge in [0.2, 0.25) is 0 Å². The summed E-state index contributed by atoms with van der Waals surface area (Å²) in [6, 6.07) is 6.20. The van der Waals surface area contributed by atoms with Crippen molar-refractivity contribution in [1.29, 1.82) is 0 Å². The Hall–Kier alpha value is -2.12. The Morgan fingerprint density at radius 1 is 1.11 bits per heavy atom. The van der Waals surface area contributed by atoms with Gasteiger partial charge in [0.05, 0.1) is 17.7 Å². The monoisotopic (exact) mass is 422 g/mol. The lowest BCUT2D eigenvalue weighted by Crippen LogP contribution is -2.15. The zero-order valence-corrected chi connectivity index (χ0v) is 15.8. The van der Waals surface area contributed by atoms with Crippen LogP contribution in [0.5, 0.6) is 11.5 Å². The molecule has 0 radical (unpaired) electrons. The molecular weight excluding hydrogens is 408 g/mol. The van der Waals surface area contributed by atoms with E-state index in [0.29, 0.717) is 11.4 Å². The predicted molar refractivity (Wildman–Crippen MR) is 94.6 cm³/mol. The maximum absolute atomic E-state index is 13.3. The van der Waals surface area contributed by atoms with E-state index in [-0.39, 0.29) is 22.1 Å². The fraction of sp³-hybridized carbons (Fsp3) is 0.278. The number of alkyl halides is 3. The third-order valence-electron chi connectivity index (χ3n) is 3.65. The highest BCUT2D eigenvalue weighted by molar-refractivity contribution is 6.34. The second-order valence-corrected chi connectivity index (χ2v) is 6.17. The second kappa shape index (κ2) is 8.71. The summed E-state index contributed by atoms with van der Waals surface area (Å²) < 4.78 is 54.6. The molecule has 0 saturated heterocycles. The van der Waals surface area contributed by atoms with Crippen molar-refractivity contribution < 1.29 is 32.2 Å². The van der Waals surface area contributed by atoms with E-state index in [1.165, 1.54) is 12.1 Å². The molecule has 0 unspecified atom stereocenters. The van der Waals surface area contributed by atoms with Crippen molar-refractivity contribution in [1.82, 2.24) is 0 Å². The maximum Gasteiger partial charge on any atom is 0.513 e. The van der Waals surface area contributed by atoms with Crippen molar-refractivity contribution in [3.63, 3.8) is 0 Å². The molecule has 2 aromatic rings. The third kappa shape index (κ3) is 5.20. The molecule has 0 fully saturated rings. The Morgan fingerprint density at radius 3 is 2.41 bits per heavy atom. The Morgan fingerprint density at radius 2 is 1.81 bits per heavy atom. The van der Waals surface area contributed by atoms with Gasteiger partial charge < -0.3 is 14.2 Å². The number of ether oxygens (including phenoxy) is 3. The highest BCUT2D eigenvalue weighted by Crippen LogP contribution is 2.38. The van der Waals surface area contributed by atoms with Gasteiger partial charge in [0, 0.05) is 16.7 Å². The van der Waals surface area contributed by atoms with Crippen LogP contribution in [-0.4, -0.2) is 13.3 Å². The fourth-order valence-corrected chi connectivity index (χ4v) is 2.84. The van der Waals surface area contributed by atoms with Gasteiger partial charge in [-0.05, 0) is 30.2 Å². The summed E-state index contributed by atoms with van der Waals surface area (Å²) in [6.07, 6.45) is -5.20. The largest absolute Gasteiger partial charge is 0.513 e. The summed E-state index contributed by atoms with van der Waals surface area (Å²) in [4.78, 5) is 11.3. The van der Waals surface area contributed by atoms with Gasteiger partial charge in [-0.3, -0.25) is 0 Å². The average Bonchev–Trinajstić information content (AvgIpc) is 2.61. The van der Waals surface area contributed by atoms with Crippen molar-refractivity contribution in [2.24, 2.45) is 0 Å².